The molecule has 0 N–H and O–H groups in total. The van der Waals surface area contributed by atoms with Gasteiger partial charge >= 0.3 is 0 Å². The van der Waals surface area contributed by atoms with Crippen LogP contribution in [0.25, 0.3) is 10.9 Å². The van der Waals surface area contributed by atoms with Crippen molar-refractivity contribution in [2.45, 2.75) is 6.54 Å². The Hall–Kier alpha value is -2.67. The van der Waals surface area contributed by atoms with E-state index in [0.29, 0.717) is 5.39 Å². The number of hydrogen-bond acceptors (Lipinski definition) is 5. The molecule has 0 atom stereocenters. The van der Waals surface area contributed by atoms with E-state index in [9.17, 15) is 4.79 Å². The number of aromatic nitrogens is 4. The number of piperazine rings is 1. The monoisotopic (exact) mass is 338 g/mol. The van der Waals surface area contributed by atoms with Gasteiger partial charge in [0, 0.05) is 57.9 Å². The molecule has 25 heavy (non-hydrogen) atoms. The van der Waals surface area contributed by atoms with Crippen LogP contribution in [0.15, 0.2) is 47.8 Å². The van der Waals surface area contributed by atoms with Gasteiger partial charge in [-0.1, -0.05) is 0 Å². The van der Waals surface area contributed by atoms with Gasteiger partial charge in [0.05, 0.1) is 23.8 Å². The molecule has 130 valence electrons. The van der Waals surface area contributed by atoms with Gasteiger partial charge in [-0.3, -0.25) is 14.4 Å². The van der Waals surface area contributed by atoms with Crippen LogP contribution >= 0.6 is 0 Å². The van der Waals surface area contributed by atoms with Gasteiger partial charge in [-0.15, -0.1) is 0 Å². The minimum absolute atomic E-state index is 0.00000857. The van der Waals surface area contributed by atoms with Crippen molar-refractivity contribution in [3.05, 3.63) is 53.3 Å². The number of nitrogens with zero attached hydrogens (tertiary/aromatic N) is 6. The summed E-state index contributed by atoms with van der Waals surface area (Å²) in [5.74, 6) is 0. The normalized spacial score (nSPS) is 15.8. The average Bonchev–Trinajstić information content (AvgIpc) is 3.17. The van der Waals surface area contributed by atoms with E-state index < -0.39 is 0 Å². The maximum atomic E-state index is 12.1. The van der Waals surface area contributed by atoms with Crippen molar-refractivity contribution in [1.82, 2.24) is 24.2 Å². The molecule has 1 aliphatic rings. The van der Waals surface area contributed by atoms with Crippen molar-refractivity contribution < 1.29 is 0 Å². The molecule has 7 heteroatoms. The molecule has 4 rings (SSSR count). The van der Waals surface area contributed by atoms with Crippen molar-refractivity contribution in [3.63, 3.8) is 0 Å². The lowest BCUT2D eigenvalue weighted by molar-refractivity contribution is 0.244. The molecule has 0 spiro atoms. The Bertz CT molecular complexity index is 909. The maximum absolute atomic E-state index is 12.1. The molecular formula is C18H22N6O. The summed E-state index contributed by atoms with van der Waals surface area (Å²) in [6.07, 6.45) is 5.41. The Kier molecular flexibility index (Phi) is 4.23. The fraction of sp³-hybridized carbons (Fsp3) is 0.389. The second kappa shape index (κ2) is 6.68. The molecule has 1 fully saturated rings. The van der Waals surface area contributed by atoms with E-state index in [1.54, 1.807) is 13.4 Å². The van der Waals surface area contributed by atoms with Crippen molar-refractivity contribution in [2.24, 2.45) is 7.05 Å². The van der Waals surface area contributed by atoms with Crippen LogP contribution in [0, 0.1) is 0 Å². The first kappa shape index (κ1) is 15.8. The summed E-state index contributed by atoms with van der Waals surface area (Å²) in [5, 5.41) is 4.92. The maximum Gasteiger partial charge on any atom is 0.260 e. The summed E-state index contributed by atoms with van der Waals surface area (Å²) in [5.41, 5.74) is 1.90. The predicted molar refractivity (Wildman–Crippen MR) is 97.9 cm³/mol. The zero-order chi connectivity index (χ0) is 17.2. The Morgan fingerprint density at radius 3 is 2.72 bits per heavy atom. The molecule has 0 amide bonds. The molecule has 0 aliphatic carbocycles. The molecular weight excluding hydrogens is 316 g/mol. The van der Waals surface area contributed by atoms with Gasteiger partial charge in [0.1, 0.15) is 0 Å². The van der Waals surface area contributed by atoms with E-state index in [1.165, 1.54) is 4.57 Å². The lowest BCUT2D eigenvalue weighted by Crippen LogP contribution is -2.47. The summed E-state index contributed by atoms with van der Waals surface area (Å²) in [7, 11) is 1.73. The smallest absolute Gasteiger partial charge is 0.260 e. The summed E-state index contributed by atoms with van der Waals surface area (Å²) in [4.78, 5) is 21.3. The molecule has 0 bridgehead atoms. The molecule has 2 aromatic heterocycles. The number of aryl methyl sites for hydroxylation is 1. The van der Waals surface area contributed by atoms with Gasteiger partial charge in [0.15, 0.2) is 0 Å². The van der Waals surface area contributed by atoms with Crippen molar-refractivity contribution in [2.75, 3.05) is 37.6 Å². The third-order valence-electron chi connectivity index (χ3n) is 4.84. The van der Waals surface area contributed by atoms with E-state index in [4.69, 9.17) is 0 Å². The van der Waals surface area contributed by atoms with Gasteiger partial charge < -0.3 is 9.47 Å². The lowest BCUT2D eigenvalue weighted by atomic mass is 10.2. The minimum atomic E-state index is -0.00000857. The van der Waals surface area contributed by atoms with Crippen molar-refractivity contribution in [1.29, 1.82) is 0 Å². The third kappa shape index (κ3) is 3.28. The highest BCUT2D eigenvalue weighted by Gasteiger charge is 2.17. The summed E-state index contributed by atoms with van der Waals surface area (Å²) >= 11 is 0. The standard InChI is InChI=1S/C18H22N6O/c1-21-14-19-17-13-15(3-4-16(17)18(21)25)23-10-7-22(8-11-23)9-12-24-6-2-5-20-24/h2-6,13-14H,7-12H2,1H3. The van der Waals surface area contributed by atoms with Crippen LogP contribution in [-0.4, -0.2) is 57.0 Å². The van der Waals surface area contributed by atoms with E-state index in [0.717, 1.165) is 50.5 Å². The molecule has 3 heterocycles. The number of anilines is 1. The predicted octanol–water partition coefficient (Wildman–Crippen LogP) is 0.952. The molecule has 0 radical (unpaired) electrons. The average molecular weight is 338 g/mol. The first-order valence-corrected chi connectivity index (χ1v) is 8.61. The lowest BCUT2D eigenvalue weighted by Gasteiger charge is -2.36. The largest absolute Gasteiger partial charge is 0.369 e. The summed E-state index contributed by atoms with van der Waals surface area (Å²) in [6.45, 7) is 5.97. The van der Waals surface area contributed by atoms with Crippen LogP contribution in [0.4, 0.5) is 5.69 Å². The van der Waals surface area contributed by atoms with Gasteiger partial charge in [-0.25, -0.2) is 4.98 Å². The Labute approximate surface area is 146 Å². The molecule has 1 aliphatic heterocycles. The Balaban J connectivity index is 1.41. The van der Waals surface area contributed by atoms with Crippen LogP contribution in [-0.2, 0) is 13.6 Å². The fourth-order valence-electron chi connectivity index (χ4n) is 3.30. The number of rotatable bonds is 4. The fourth-order valence-corrected chi connectivity index (χ4v) is 3.30. The first-order chi connectivity index (χ1) is 12.2. The molecule has 7 nitrogen and oxygen atoms in total. The quantitative estimate of drug-likeness (QED) is 0.709. The highest BCUT2D eigenvalue weighted by atomic mass is 16.1. The van der Waals surface area contributed by atoms with Crippen LogP contribution < -0.4 is 10.5 Å². The van der Waals surface area contributed by atoms with E-state index in [1.807, 2.05) is 41.3 Å². The van der Waals surface area contributed by atoms with Crippen LogP contribution in [0.1, 0.15) is 0 Å². The van der Waals surface area contributed by atoms with Crippen molar-refractivity contribution in [3.8, 4) is 0 Å². The van der Waals surface area contributed by atoms with Crippen LogP contribution in [0.3, 0.4) is 0 Å². The van der Waals surface area contributed by atoms with Gasteiger partial charge in [-0.2, -0.15) is 5.10 Å². The van der Waals surface area contributed by atoms with E-state index in [2.05, 4.69) is 19.9 Å². The SMILES string of the molecule is Cn1cnc2cc(N3CCN(CCn4cccn4)CC3)ccc2c1=O. The van der Waals surface area contributed by atoms with Gasteiger partial charge in [0.2, 0.25) is 0 Å². The minimum Gasteiger partial charge on any atom is -0.369 e. The second-order valence-corrected chi connectivity index (χ2v) is 6.46. The first-order valence-electron chi connectivity index (χ1n) is 8.61. The molecule has 0 unspecified atom stereocenters. The number of benzene rings is 1. The number of fused-ring (bicyclic) bond motifs is 1. The molecule has 1 saturated heterocycles. The Morgan fingerprint density at radius 1 is 1.12 bits per heavy atom. The van der Waals surface area contributed by atoms with E-state index >= 15 is 0 Å². The van der Waals surface area contributed by atoms with Gasteiger partial charge in [-0.05, 0) is 24.3 Å². The van der Waals surface area contributed by atoms with Gasteiger partial charge in [0.25, 0.3) is 5.56 Å². The summed E-state index contributed by atoms with van der Waals surface area (Å²) < 4.78 is 3.49. The van der Waals surface area contributed by atoms with E-state index in [-0.39, 0.29) is 5.56 Å². The zero-order valence-corrected chi connectivity index (χ0v) is 14.4. The second-order valence-electron chi connectivity index (χ2n) is 6.46. The highest BCUT2D eigenvalue weighted by molar-refractivity contribution is 5.81. The molecule has 1 aromatic carbocycles. The molecule has 3 aromatic rings. The highest BCUT2D eigenvalue weighted by Crippen LogP contribution is 2.20. The topological polar surface area (TPSA) is 59.2 Å². The van der Waals surface area contributed by atoms with Crippen LogP contribution in [0.2, 0.25) is 0 Å². The molecule has 0 saturated carbocycles. The van der Waals surface area contributed by atoms with Crippen molar-refractivity contribution >= 4 is 16.6 Å². The third-order valence-corrected chi connectivity index (χ3v) is 4.84. The van der Waals surface area contributed by atoms with Crippen LogP contribution in [0.5, 0.6) is 0 Å². The Morgan fingerprint density at radius 2 is 1.96 bits per heavy atom. The number of hydrogen-bond donors (Lipinski definition) is 0. The zero-order valence-electron chi connectivity index (χ0n) is 14.4. The summed E-state index contributed by atoms with van der Waals surface area (Å²) in [6, 6.07) is 7.91.